The molecule has 4 heavy (non-hydrogen) atoms. The quantitative estimate of drug-likeness (QED) is 0.394. The highest BCUT2D eigenvalue weighted by atomic mass is 31.2. The molecular formula is C2H3P2. The summed E-state index contributed by atoms with van der Waals surface area (Å²) in [5, 5.41) is 0. The third-order valence-corrected chi connectivity index (χ3v) is 2.60. The van der Waals surface area contributed by atoms with Gasteiger partial charge in [-0.1, -0.05) is 0 Å². The summed E-state index contributed by atoms with van der Waals surface area (Å²) in [6.07, 6.45) is 0. The summed E-state index contributed by atoms with van der Waals surface area (Å²) in [6.45, 7) is 0. The highest BCUT2D eigenvalue weighted by molar-refractivity contribution is 7.80. The van der Waals surface area contributed by atoms with E-state index in [1.165, 1.54) is 0 Å². The van der Waals surface area contributed by atoms with Crippen LogP contribution in [0.3, 0.4) is 0 Å². The van der Waals surface area contributed by atoms with Crippen molar-refractivity contribution in [1.29, 1.82) is 0 Å². The average Bonchev–Trinajstić information content (AvgIpc) is 0.722. The van der Waals surface area contributed by atoms with Crippen molar-refractivity contribution >= 4 is 17.2 Å². The van der Waals surface area contributed by atoms with Crippen molar-refractivity contribution in [3.05, 3.63) is 11.8 Å². The second kappa shape index (κ2) is 1.34. The minimum Gasteiger partial charge on any atom is -0.100 e. The van der Waals surface area contributed by atoms with Crippen LogP contribution in [0.2, 0.25) is 0 Å². The van der Waals surface area contributed by atoms with Crippen LogP contribution in [-0.4, -0.2) is 0 Å². The molecule has 0 aromatic heterocycles. The molecule has 0 bridgehead atoms. The van der Waals surface area contributed by atoms with E-state index in [1.54, 1.807) is 0 Å². The van der Waals surface area contributed by atoms with Gasteiger partial charge in [0.05, 0.1) is 0 Å². The van der Waals surface area contributed by atoms with Crippen LogP contribution in [0.1, 0.15) is 0 Å². The fourth-order valence-corrected chi connectivity index (χ4v) is 0.650. The molecule has 2 unspecified atom stereocenters. The minimum atomic E-state index is 0.958. The average molecular weight is 89.0 g/mol. The van der Waals surface area contributed by atoms with Gasteiger partial charge in [-0.3, -0.25) is 0 Å². The largest absolute Gasteiger partial charge is 0.100 e. The van der Waals surface area contributed by atoms with E-state index in [0.717, 1.165) is 17.2 Å². The van der Waals surface area contributed by atoms with E-state index < -0.39 is 0 Å². The van der Waals surface area contributed by atoms with E-state index in [-0.39, 0.29) is 0 Å². The Kier molecular flexibility index (Phi) is 1.02. The molecule has 1 rings (SSSR count). The summed E-state index contributed by atoms with van der Waals surface area (Å²) >= 11 is 0. The van der Waals surface area contributed by atoms with Crippen LogP contribution in [0.5, 0.6) is 0 Å². The van der Waals surface area contributed by atoms with Crippen molar-refractivity contribution in [3.8, 4) is 0 Å². The number of rotatable bonds is 0. The van der Waals surface area contributed by atoms with Gasteiger partial charge in [-0.25, -0.2) is 0 Å². The van der Waals surface area contributed by atoms with Gasteiger partial charge < -0.3 is 0 Å². The van der Waals surface area contributed by atoms with E-state index in [1.807, 2.05) is 0 Å². The SMILES string of the molecule is [C]1P[CH]P1. The van der Waals surface area contributed by atoms with Crippen LogP contribution in [-0.2, 0) is 0 Å². The highest BCUT2D eigenvalue weighted by Crippen LogP contribution is 2.51. The van der Waals surface area contributed by atoms with Gasteiger partial charge in [0.2, 0.25) is 0 Å². The van der Waals surface area contributed by atoms with Gasteiger partial charge in [0.15, 0.2) is 0 Å². The molecule has 0 saturated carbocycles. The van der Waals surface area contributed by atoms with Crippen LogP contribution in [0.4, 0.5) is 0 Å². The third-order valence-electron chi connectivity index (χ3n) is 0.289. The first-order valence-corrected chi connectivity index (χ1v) is 3.23. The first-order valence-electron chi connectivity index (χ1n) is 1.08. The molecule has 0 amide bonds. The predicted octanol–water partition coefficient (Wildman–Crippen LogP) is 1.47. The third kappa shape index (κ3) is 0.419. The molecule has 1 aliphatic rings. The molecule has 2 heteroatoms. The van der Waals surface area contributed by atoms with Crippen molar-refractivity contribution < 1.29 is 0 Å². The molecule has 0 spiro atoms. The van der Waals surface area contributed by atoms with Gasteiger partial charge in [0.1, 0.15) is 0 Å². The van der Waals surface area contributed by atoms with Crippen molar-refractivity contribution in [2.45, 2.75) is 0 Å². The summed E-state index contributed by atoms with van der Waals surface area (Å²) in [5.74, 6) is 5.36. The number of hydrogen-bond acceptors (Lipinski definition) is 0. The second-order valence-electron chi connectivity index (χ2n) is 0.558. The number of hydrogen-bond donors (Lipinski definition) is 0. The Bertz CT molecular complexity index is 12.0. The van der Waals surface area contributed by atoms with E-state index in [4.69, 9.17) is 0 Å². The molecule has 0 aromatic carbocycles. The maximum Gasteiger partial charge on any atom is 0.0345 e. The zero-order valence-electron chi connectivity index (χ0n) is 2.08. The Labute approximate surface area is 29.9 Å². The van der Waals surface area contributed by atoms with Gasteiger partial charge in [-0.15, -0.1) is 17.2 Å². The maximum absolute atomic E-state index is 3.11. The zero-order chi connectivity index (χ0) is 2.83. The van der Waals surface area contributed by atoms with Gasteiger partial charge >= 0.3 is 0 Å². The Morgan fingerprint density at radius 3 is 1.75 bits per heavy atom. The monoisotopic (exact) mass is 89.0 g/mol. The first kappa shape index (κ1) is 3.07. The summed E-state index contributed by atoms with van der Waals surface area (Å²) < 4.78 is 0. The van der Waals surface area contributed by atoms with E-state index in [9.17, 15) is 0 Å². The lowest BCUT2D eigenvalue weighted by Gasteiger charge is -2.04. The molecule has 1 heterocycles. The fraction of sp³-hybridized carbons (Fsp3) is 0. The normalized spacial score (nSPS) is 36.0. The van der Waals surface area contributed by atoms with Gasteiger partial charge in [0, 0.05) is 11.8 Å². The summed E-state index contributed by atoms with van der Waals surface area (Å²) in [4.78, 5) is 0. The van der Waals surface area contributed by atoms with Gasteiger partial charge in [-0.05, 0) is 0 Å². The van der Waals surface area contributed by atoms with Crippen molar-refractivity contribution in [2.75, 3.05) is 0 Å². The molecule has 0 aliphatic carbocycles. The van der Waals surface area contributed by atoms with E-state index in [0.29, 0.717) is 0 Å². The Hall–Kier alpha value is 0.860. The Balaban J connectivity index is 2.00. The highest BCUT2D eigenvalue weighted by Gasteiger charge is 1.96. The molecular weight excluding hydrogens is 86.0 g/mol. The lowest BCUT2D eigenvalue weighted by molar-refractivity contribution is 2.37. The first-order chi connectivity index (χ1) is 2.00. The van der Waals surface area contributed by atoms with Gasteiger partial charge in [-0.2, -0.15) is 0 Å². The van der Waals surface area contributed by atoms with Crippen LogP contribution < -0.4 is 0 Å². The van der Waals surface area contributed by atoms with E-state index >= 15 is 0 Å². The second-order valence-corrected chi connectivity index (χ2v) is 3.29. The van der Waals surface area contributed by atoms with E-state index in [2.05, 4.69) is 11.8 Å². The molecule has 1 saturated heterocycles. The molecule has 1 aliphatic heterocycles. The smallest absolute Gasteiger partial charge is 0.0345 e. The summed E-state index contributed by atoms with van der Waals surface area (Å²) in [7, 11) is 1.92. The maximum atomic E-state index is 3.11. The molecule has 0 aromatic rings. The fourth-order valence-electron chi connectivity index (χ4n) is 0.0722. The zero-order valence-corrected chi connectivity index (χ0v) is 4.08. The molecule has 21 valence electrons. The Morgan fingerprint density at radius 2 is 1.75 bits per heavy atom. The van der Waals surface area contributed by atoms with Gasteiger partial charge in [0.25, 0.3) is 0 Å². The predicted molar refractivity (Wildman–Crippen MR) is 24.2 cm³/mol. The topological polar surface area (TPSA) is 0 Å². The van der Waals surface area contributed by atoms with Crippen LogP contribution in [0.25, 0.3) is 0 Å². The molecule has 0 N–H and O–H groups in total. The molecule has 2 atom stereocenters. The van der Waals surface area contributed by atoms with Crippen molar-refractivity contribution in [1.82, 2.24) is 0 Å². The standard InChI is InChI=1S/C2H3P2/c1-3-2-4-1/h1,3-4H. The molecule has 1 fully saturated rings. The lowest BCUT2D eigenvalue weighted by atomic mass is 11.8. The van der Waals surface area contributed by atoms with Crippen molar-refractivity contribution in [3.63, 3.8) is 0 Å². The van der Waals surface area contributed by atoms with Crippen LogP contribution >= 0.6 is 17.2 Å². The molecule has 0 nitrogen and oxygen atoms in total. The molecule has 3 radical (unpaired) electrons. The minimum absolute atomic E-state index is 0.958. The summed E-state index contributed by atoms with van der Waals surface area (Å²) in [5.41, 5.74) is 0. The van der Waals surface area contributed by atoms with Crippen molar-refractivity contribution in [2.24, 2.45) is 0 Å². The van der Waals surface area contributed by atoms with Crippen LogP contribution in [0, 0.1) is 11.8 Å². The lowest BCUT2D eigenvalue weighted by Crippen LogP contribution is -1.57. The Morgan fingerprint density at radius 1 is 1.50 bits per heavy atom. The summed E-state index contributed by atoms with van der Waals surface area (Å²) in [6, 6.07) is 0. The van der Waals surface area contributed by atoms with Crippen LogP contribution in [0.15, 0.2) is 0 Å².